The zero-order valence-electron chi connectivity index (χ0n) is 18.1. The van der Waals surface area contributed by atoms with E-state index in [1.165, 1.54) is 16.2 Å². The first kappa shape index (κ1) is 23.3. The molecule has 31 heavy (non-hydrogen) atoms. The lowest BCUT2D eigenvalue weighted by Crippen LogP contribution is -2.12. The number of amides is 1. The highest BCUT2D eigenvalue weighted by Crippen LogP contribution is 2.32. The molecule has 0 unspecified atom stereocenters. The van der Waals surface area contributed by atoms with E-state index in [1.807, 2.05) is 47.5 Å². The first-order valence-corrected chi connectivity index (χ1v) is 12.1. The number of para-hydroxylation sites is 1. The van der Waals surface area contributed by atoms with Crippen molar-refractivity contribution >= 4 is 39.8 Å². The van der Waals surface area contributed by atoms with Gasteiger partial charge in [0.05, 0.1) is 5.69 Å². The van der Waals surface area contributed by atoms with Crippen LogP contribution in [-0.4, -0.2) is 28.4 Å². The monoisotopic (exact) mass is 455 g/mol. The van der Waals surface area contributed by atoms with Crippen molar-refractivity contribution in [1.82, 2.24) is 4.98 Å². The van der Waals surface area contributed by atoms with Gasteiger partial charge in [-0.25, -0.2) is 4.98 Å². The average molecular weight is 456 g/mol. The Labute approximate surface area is 192 Å². The fourth-order valence-electron chi connectivity index (χ4n) is 2.77. The van der Waals surface area contributed by atoms with E-state index in [1.54, 1.807) is 0 Å². The highest BCUT2D eigenvalue weighted by molar-refractivity contribution is 7.99. The number of aromatic nitrogens is 1. The Morgan fingerprint density at radius 3 is 2.58 bits per heavy atom. The van der Waals surface area contributed by atoms with Crippen molar-refractivity contribution in [2.75, 3.05) is 23.0 Å². The molecular weight excluding hydrogens is 426 g/mol. The van der Waals surface area contributed by atoms with Gasteiger partial charge in [-0.05, 0) is 35.2 Å². The predicted molar refractivity (Wildman–Crippen MR) is 131 cm³/mol. The lowest BCUT2D eigenvalue weighted by molar-refractivity contribution is 0.102. The molecule has 2 aromatic carbocycles. The van der Waals surface area contributed by atoms with Crippen LogP contribution in [0.2, 0.25) is 0 Å². The van der Waals surface area contributed by atoms with E-state index >= 15 is 0 Å². The van der Waals surface area contributed by atoms with Gasteiger partial charge in [-0.1, -0.05) is 45.0 Å². The number of aliphatic hydroxyl groups excluding tert-OH is 1. The molecule has 0 atom stereocenters. The number of rotatable bonds is 9. The quantitative estimate of drug-likeness (QED) is 0.362. The number of nitrogens with one attached hydrogen (secondary N) is 2. The first-order chi connectivity index (χ1) is 14.8. The van der Waals surface area contributed by atoms with Gasteiger partial charge in [0, 0.05) is 46.9 Å². The van der Waals surface area contributed by atoms with Crippen molar-refractivity contribution in [1.29, 1.82) is 0 Å². The number of hydrogen-bond donors (Lipinski definition) is 3. The SMILES string of the molecule is CC(C)(C)CSc1ccccc1NCc1ccc(C(=O)Nc2nc(CCO)cs2)cc1. The molecule has 1 amide bonds. The fourth-order valence-corrected chi connectivity index (χ4v) is 4.57. The lowest BCUT2D eigenvalue weighted by Gasteiger charge is -2.19. The molecule has 1 heterocycles. The van der Waals surface area contributed by atoms with Crippen molar-refractivity contribution in [3.05, 3.63) is 70.7 Å². The molecular formula is C24H29N3O2S2. The highest BCUT2D eigenvalue weighted by Gasteiger charge is 2.13. The second kappa shape index (κ2) is 10.8. The van der Waals surface area contributed by atoms with E-state index in [0.29, 0.717) is 23.7 Å². The third kappa shape index (κ3) is 7.38. The van der Waals surface area contributed by atoms with Crippen LogP contribution in [0.4, 0.5) is 10.8 Å². The summed E-state index contributed by atoms with van der Waals surface area (Å²) in [5.74, 6) is 0.865. The minimum atomic E-state index is -0.187. The zero-order valence-corrected chi connectivity index (χ0v) is 19.8. The van der Waals surface area contributed by atoms with Gasteiger partial charge in [-0.15, -0.1) is 23.1 Å². The molecule has 3 aromatic rings. The summed E-state index contributed by atoms with van der Waals surface area (Å²) in [6.07, 6.45) is 0.492. The minimum absolute atomic E-state index is 0.0480. The third-order valence-electron chi connectivity index (χ3n) is 4.39. The van der Waals surface area contributed by atoms with E-state index in [2.05, 4.69) is 54.6 Å². The maximum atomic E-state index is 12.5. The van der Waals surface area contributed by atoms with Crippen LogP contribution in [0.5, 0.6) is 0 Å². The maximum Gasteiger partial charge on any atom is 0.257 e. The van der Waals surface area contributed by atoms with E-state index in [-0.39, 0.29) is 17.9 Å². The van der Waals surface area contributed by atoms with Crippen molar-refractivity contribution in [2.45, 2.75) is 38.6 Å². The van der Waals surface area contributed by atoms with Crippen LogP contribution in [0.25, 0.3) is 0 Å². The minimum Gasteiger partial charge on any atom is -0.396 e. The molecule has 3 rings (SSSR count). The number of anilines is 2. The van der Waals surface area contributed by atoms with Gasteiger partial charge < -0.3 is 10.4 Å². The van der Waals surface area contributed by atoms with Crippen molar-refractivity contribution < 1.29 is 9.90 Å². The number of thiazole rings is 1. The molecule has 1 aromatic heterocycles. The highest BCUT2D eigenvalue weighted by atomic mass is 32.2. The number of hydrogen-bond acceptors (Lipinski definition) is 6. The van der Waals surface area contributed by atoms with Crippen molar-refractivity contribution in [3.8, 4) is 0 Å². The van der Waals surface area contributed by atoms with E-state index < -0.39 is 0 Å². The molecule has 0 aliphatic heterocycles. The Morgan fingerprint density at radius 1 is 1.13 bits per heavy atom. The van der Waals surface area contributed by atoms with Crippen molar-refractivity contribution in [3.63, 3.8) is 0 Å². The molecule has 5 nitrogen and oxygen atoms in total. The lowest BCUT2D eigenvalue weighted by atomic mass is 10.0. The summed E-state index contributed by atoms with van der Waals surface area (Å²) in [6.45, 7) is 7.47. The Balaban J connectivity index is 1.56. The topological polar surface area (TPSA) is 74.2 Å². The first-order valence-electron chi connectivity index (χ1n) is 10.3. The Morgan fingerprint density at radius 2 is 1.87 bits per heavy atom. The van der Waals surface area contributed by atoms with Gasteiger partial charge in [0.2, 0.25) is 0 Å². The van der Waals surface area contributed by atoms with Gasteiger partial charge in [-0.3, -0.25) is 10.1 Å². The van der Waals surface area contributed by atoms with Gasteiger partial charge in [-0.2, -0.15) is 0 Å². The number of carbonyl (C=O) groups is 1. The van der Waals surface area contributed by atoms with Crippen LogP contribution < -0.4 is 10.6 Å². The van der Waals surface area contributed by atoms with Crippen LogP contribution >= 0.6 is 23.1 Å². The smallest absolute Gasteiger partial charge is 0.257 e. The van der Waals surface area contributed by atoms with Crippen molar-refractivity contribution in [2.24, 2.45) is 5.41 Å². The molecule has 0 saturated carbocycles. The molecule has 0 aliphatic rings. The largest absolute Gasteiger partial charge is 0.396 e. The Bertz CT molecular complexity index is 995. The third-order valence-corrected chi connectivity index (χ3v) is 6.87. The van der Waals surface area contributed by atoms with E-state index in [0.717, 1.165) is 22.7 Å². The number of benzene rings is 2. The number of nitrogens with zero attached hydrogens (tertiary/aromatic N) is 1. The summed E-state index contributed by atoms with van der Waals surface area (Å²) in [5.41, 5.74) is 3.87. The van der Waals surface area contributed by atoms with Crippen LogP contribution in [-0.2, 0) is 13.0 Å². The second-order valence-electron chi connectivity index (χ2n) is 8.47. The molecule has 0 fully saturated rings. The zero-order chi connectivity index (χ0) is 22.3. The average Bonchev–Trinajstić information content (AvgIpc) is 3.18. The van der Waals surface area contributed by atoms with Crippen LogP contribution in [0.1, 0.15) is 42.4 Å². The van der Waals surface area contributed by atoms with Gasteiger partial charge in [0.25, 0.3) is 5.91 Å². The summed E-state index contributed by atoms with van der Waals surface area (Å²) in [6, 6.07) is 15.9. The molecule has 0 saturated heterocycles. The van der Waals surface area contributed by atoms with Gasteiger partial charge >= 0.3 is 0 Å². The predicted octanol–water partition coefficient (Wildman–Crippen LogP) is 5.68. The number of carbonyl (C=O) groups excluding carboxylic acids is 1. The molecule has 7 heteroatoms. The maximum absolute atomic E-state index is 12.5. The second-order valence-corrected chi connectivity index (χ2v) is 10.3. The van der Waals surface area contributed by atoms with Crippen LogP contribution in [0.15, 0.2) is 58.8 Å². The summed E-state index contributed by atoms with van der Waals surface area (Å²) < 4.78 is 0. The molecule has 0 aliphatic carbocycles. The number of aliphatic hydroxyl groups is 1. The van der Waals surface area contributed by atoms with Crippen LogP contribution in [0.3, 0.4) is 0 Å². The summed E-state index contributed by atoms with van der Waals surface area (Å²) in [7, 11) is 0. The molecule has 0 radical (unpaired) electrons. The summed E-state index contributed by atoms with van der Waals surface area (Å²) >= 11 is 3.23. The molecule has 3 N–H and O–H groups in total. The van der Waals surface area contributed by atoms with Gasteiger partial charge in [0.1, 0.15) is 0 Å². The summed E-state index contributed by atoms with van der Waals surface area (Å²) in [4.78, 5) is 18.0. The molecule has 164 valence electrons. The summed E-state index contributed by atoms with van der Waals surface area (Å²) in [5, 5.41) is 17.7. The van der Waals surface area contributed by atoms with Crippen LogP contribution in [0, 0.1) is 5.41 Å². The number of thioether (sulfide) groups is 1. The molecule has 0 spiro atoms. The standard InChI is InChI=1S/C24H29N3O2S2/c1-24(2,3)16-31-21-7-5-4-6-20(21)25-14-17-8-10-18(11-9-17)22(29)27-23-26-19(12-13-28)15-30-23/h4-11,15,25,28H,12-14,16H2,1-3H3,(H,26,27,29). The Kier molecular flexibility index (Phi) is 8.12. The molecule has 0 bridgehead atoms. The normalized spacial score (nSPS) is 11.4. The Hall–Kier alpha value is -2.35. The van der Waals surface area contributed by atoms with E-state index in [9.17, 15) is 4.79 Å². The van der Waals surface area contributed by atoms with Gasteiger partial charge in [0.15, 0.2) is 5.13 Å². The fraction of sp³-hybridized carbons (Fsp3) is 0.333. The van der Waals surface area contributed by atoms with E-state index in [4.69, 9.17) is 5.11 Å².